The van der Waals surface area contributed by atoms with Crippen LogP contribution in [-0.2, 0) is 14.8 Å². The van der Waals surface area contributed by atoms with E-state index in [1.54, 1.807) is 61.5 Å². The van der Waals surface area contributed by atoms with E-state index in [-0.39, 0.29) is 16.3 Å². The zero-order valence-electron chi connectivity index (χ0n) is 20.2. The van der Waals surface area contributed by atoms with Crippen LogP contribution in [0.3, 0.4) is 0 Å². The first-order chi connectivity index (χ1) is 16.7. The minimum Gasteiger partial charge on any atom is -0.497 e. The van der Waals surface area contributed by atoms with Gasteiger partial charge in [-0.3, -0.25) is 9.10 Å². The molecule has 0 aliphatic heterocycles. The van der Waals surface area contributed by atoms with E-state index in [2.05, 4.69) is 5.32 Å². The van der Waals surface area contributed by atoms with Crippen molar-refractivity contribution in [3.8, 4) is 23.0 Å². The van der Waals surface area contributed by atoms with Gasteiger partial charge < -0.3 is 24.3 Å². The van der Waals surface area contributed by atoms with E-state index in [9.17, 15) is 13.2 Å². The lowest BCUT2D eigenvalue weighted by Crippen LogP contribution is -2.38. The number of nitrogens with zero attached hydrogens (tertiary/aromatic N) is 1. The summed E-state index contributed by atoms with van der Waals surface area (Å²) >= 11 is 0. The largest absolute Gasteiger partial charge is 0.497 e. The molecule has 9 nitrogen and oxygen atoms in total. The summed E-state index contributed by atoms with van der Waals surface area (Å²) in [7, 11) is 1.71. The molecule has 0 heterocycles. The van der Waals surface area contributed by atoms with Crippen LogP contribution in [0.4, 0.5) is 11.4 Å². The highest BCUT2D eigenvalue weighted by atomic mass is 32.2. The van der Waals surface area contributed by atoms with Gasteiger partial charge in [-0.1, -0.05) is 6.07 Å². The van der Waals surface area contributed by atoms with Crippen molar-refractivity contribution in [2.45, 2.75) is 11.8 Å². The van der Waals surface area contributed by atoms with Crippen LogP contribution in [0.25, 0.3) is 0 Å². The fourth-order valence-corrected chi connectivity index (χ4v) is 5.08. The highest BCUT2D eigenvalue weighted by molar-refractivity contribution is 7.93. The second kappa shape index (κ2) is 11.0. The smallest absolute Gasteiger partial charge is 0.268 e. The van der Waals surface area contributed by atoms with Crippen LogP contribution in [0.5, 0.6) is 23.0 Å². The van der Waals surface area contributed by atoms with Crippen molar-refractivity contribution in [1.82, 2.24) is 0 Å². The third-order valence-electron chi connectivity index (χ3n) is 5.20. The SMILES string of the molecule is COc1ccc(N(CC(=O)Nc2ccc(OC)c(OC)c2)S(=O)(=O)c2cc(C)ccc2OC)cc1. The summed E-state index contributed by atoms with van der Waals surface area (Å²) in [6.45, 7) is 1.29. The number of nitrogens with one attached hydrogen (secondary N) is 1. The van der Waals surface area contributed by atoms with Gasteiger partial charge >= 0.3 is 0 Å². The number of hydrogen-bond donors (Lipinski definition) is 1. The van der Waals surface area contributed by atoms with E-state index < -0.39 is 22.5 Å². The molecule has 3 aromatic rings. The Kier molecular flexibility index (Phi) is 8.08. The summed E-state index contributed by atoms with van der Waals surface area (Å²) in [5.41, 5.74) is 1.44. The molecule has 0 aliphatic carbocycles. The number of methoxy groups -OCH3 is 4. The predicted molar refractivity (Wildman–Crippen MR) is 133 cm³/mol. The number of anilines is 2. The van der Waals surface area contributed by atoms with E-state index in [4.69, 9.17) is 18.9 Å². The Balaban J connectivity index is 1.99. The molecular weight excluding hydrogens is 472 g/mol. The predicted octanol–water partition coefficient (Wildman–Crippen LogP) is 3.86. The monoisotopic (exact) mass is 500 g/mol. The molecule has 0 radical (unpaired) electrons. The zero-order valence-corrected chi connectivity index (χ0v) is 21.0. The summed E-state index contributed by atoms with van der Waals surface area (Å²) in [5, 5.41) is 2.72. The molecule has 0 aliphatic rings. The van der Waals surface area contributed by atoms with Crippen LogP contribution >= 0.6 is 0 Å². The molecule has 0 atom stereocenters. The molecule has 10 heteroatoms. The third kappa shape index (κ3) is 5.78. The van der Waals surface area contributed by atoms with Crippen LogP contribution < -0.4 is 28.6 Å². The molecule has 3 rings (SSSR count). The number of sulfonamides is 1. The lowest BCUT2D eigenvalue weighted by atomic mass is 10.2. The normalized spacial score (nSPS) is 10.9. The van der Waals surface area contributed by atoms with Crippen molar-refractivity contribution in [3.63, 3.8) is 0 Å². The van der Waals surface area contributed by atoms with Crippen molar-refractivity contribution in [2.75, 3.05) is 44.6 Å². The highest BCUT2D eigenvalue weighted by Gasteiger charge is 2.30. The Morgan fingerprint density at radius 1 is 0.800 bits per heavy atom. The summed E-state index contributed by atoms with van der Waals surface area (Å²) in [4.78, 5) is 13.0. The van der Waals surface area contributed by atoms with Crippen LogP contribution in [0.1, 0.15) is 5.56 Å². The number of amides is 1. The van der Waals surface area contributed by atoms with Gasteiger partial charge in [-0.15, -0.1) is 0 Å². The second-order valence-electron chi connectivity index (χ2n) is 7.48. The van der Waals surface area contributed by atoms with Gasteiger partial charge in [-0.2, -0.15) is 0 Å². The average molecular weight is 501 g/mol. The zero-order chi connectivity index (χ0) is 25.6. The van der Waals surface area contributed by atoms with Gasteiger partial charge in [0.25, 0.3) is 10.0 Å². The molecule has 0 bridgehead atoms. The number of ether oxygens (including phenoxy) is 4. The summed E-state index contributed by atoms with van der Waals surface area (Å²) in [5.74, 6) is 1.10. The quantitative estimate of drug-likeness (QED) is 0.451. The number of hydrogen-bond acceptors (Lipinski definition) is 7. The molecule has 0 fully saturated rings. The Hall–Kier alpha value is -3.92. The lowest BCUT2D eigenvalue weighted by molar-refractivity contribution is -0.114. The van der Waals surface area contributed by atoms with E-state index in [1.807, 2.05) is 0 Å². The molecule has 1 amide bonds. The Morgan fingerprint density at radius 2 is 1.43 bits per heavy atom. The van der Waals surface area contributed by atoms with Crippen molar-refractivity contribution in [1.29, 1.82) is 0 Å². The number of rotatable bonds is 10. The molecule has 1 N–H and O–H groups in total. The van der Waals surface area contributed by atoms with E-state index >= 15 is 0 Å². The number of carbonyl (C=O) groups is 1. The van der Waals surface area contributed by atoms with E-state index in [1.165, 1.54) is 34.5 Å². The molecule has 0 saturated carbocycles. The van der Waals surface area contributed by atoms with Gasteiger partial charge in [0, 0.05) is 11.8 Å². The minimum absolute atomic E-state index is 0.0465. The minimum atomic E-state index is -4.19. The van der Waals surface area contributed by atoms with Gasteiger partial charge in [0.2, 0.25) is 5.91 Å². The molecule has 0 aromatic heterocycles. The first kappa shape index (κ1) is 25.7. The molecule has 3 aromatic carbocycles. The maximum absolute atomic E-state index is 13.8. The molecule has 0 saturated heterocycles. The van der Waals surface area contributed by atoms with Crippen molar-refractivity contribution in [2.24, 2.45) is 0 Å². The van der Waals surface area contributed by atoms with E-state index in [0.717, 1.165) is 9.87 Å². The summed E-state index contributed by atoms with van der Waals surface area (Å²) in [6.07, 6.45) is 0. The number of benzene rings is 3. The van der Waals surface area contributed by atoms with Gasteiger partial charge in [-0.05, 0) is 61.0 Å². The maximum Gasteiger partial charge on any atom is 0.268 e. The van der Waals surface area contributed by atoms with Gasteiger partial charge in [0.1, 0.15) is 22.9 Å². The van der Waals surface area contributed by atoms with Gasteiger partial charge in [0.15, 0.2) is 11.5 Å². The number of carbonyl (C=O) groups excluding carboxylic acids is 1. The van der Waals surface area contributed by atoms with Crippen LogP contribution in [0.15, 0.2) is 65.6 Å². The fourth-order valence-electron chi connectivity index (χ4n) is 3.41. The van der Waals surface area contributed by atoms with Crippen LogP contribution in [0, 0.1) is 6.92 Å². The molecule has 35 heavy (non-hydrogen) atoms. The molecular formula is C25H28N2O7S. The van der Waals surface area contributed by atoms with Crippen molar-refractivity contribution < 1.29 is 32.2 Å². The maximum atomic E-state index is 13.8. The second-order valence-corrected chi connectivity index (χ2v) is 9.31. The number of aryl methyl sites for hydroxylation is 1. The van der Waals surface area contributed by atoms with Crippen molar-refractivity contribution in [3.05, 3.63) is 66.2 Å². The summed E-state index contributed by atoms with van der Waals surface area (Å²) < 4.78 is 49.6. The molecule has 0 unspecified atom stereocenters. The van der Waals surface area contributed by atoms with Crippen LogP contribution in [0.2, 0.25) is 0 Å². The van der Waals surface area contributed by atoms with E-state index in [0.29, 0.717) is 22.9 Å². The van der Waals surface area contributed by atoms with Gasteiger partial charge in [0.05, 0.1) is 34.1 Å². The van der Waals surface area contributed by atoms with Gasteiger partial charge in [-0.25, -0.2) is 8.42 Å². The molecule has 186 valence electrons. The summed E-state index contributed by atoms with van der Waals surface area (Å²) in [6, 6.07) is 16.1. The fraction of sp³-hybridized carbons (Fsp3) is 0.240. The first-order valence-corrected chi connectivity index (χ1v) is 12.0. The standard InChI is InChI=1S/C25H28N2O7S/c1-17-6-12-22(33-4)24(14-17)35(29,30)27(19-8-10-20(31-2)11-9-19)16-25(28)26-18-7-13-21(32-3)23(15-18)34-5/h6-15H,16H2,1-5H3,(H,26,28). The first-order valence-electron chi connectivity index (χ1n) is 10.6. The average Bonchev–Trinajstić information content (AvgIpc) is 2.87. The Labute approximate surface area is 205 Å². The lowest BCUT2D eigenvalue weighted by Gasteiger charge is -2.25. The Bertz CT molecular complexity index is 1290. The third-order valence-corrected chi connectivity index (χ3v) is 7.00. The topological polar surface area (TPSA) is 103 Å². The van der Waals surface area contributed by atoms with Crippen molar-refractivity contribution >= 4 is 27.3 Å². The highest BCUT2D eigenvalue weighted by Crippen LogP contribution is 2.32. The molecule has 0 spiro atoms. The Morgan fingerprint density at radius 3 is 2.03 bits per heavy atom. The van der Waals surface area contributed by atoms with Crippen LogP contribution in [-0.4, -0.2) is 49.3 Å².